The van der Waals surface area contributed by atoms with E-state index in [1.807, 2.05) is 32.2 Å². The Kier molecular flexibility index (Phi) is 8.52. The molecular formula is C34H30F3N7O3S. The molecular weight excluding hydrogens is 643 g/mol. The summed E-state index contributed by atoms with van der Waals surface area (Å²) in [7, 11) is 4.87. The van der Waals surface area contributed by atoms with Crippen LogP contribution in [0, 0.1) is 24.4 Å². The second kappa shape index (κ2) is 12.6. The summed E-state index contributed by atoms with van der Waals surface area (Å²) in [5.74, 6) is -3.88. The van der Waals surface area contributed by atoms with Gasteiger partial charge in [-0.05, 0) is 32.1 Å². The van der Waals surface area contributed by atoms with Gasteiger partial charge in [0.1, 0.15) is 34.6 Å². The second-order valence-electron chi connectivity index (χ2n) is 11.4. The van der Waals surface area contributed by atoms with Gasteiger partial charge in [-0.25, -0.2) is 18.2 Å². The number of amides is 2. The van der Waals surface area contributed by atoms with Gasteiger partial charge in [0.05, 0.1) is 33.2 Å². The van der Waals surface area contributed by atoms with Gasteiger partial charge in [0.25, 0.3) is 5.91 Å². The van der Waals surface area contributed by atoms with Crippen molar-refractivity contribution in [2.75, 3.05) is 20.7 Å². The molecule has 0 spiro atoms. The Morgan fingerprint density at radius 3 is 2.62 bits per heavy atom. The number of benzene rings is 2. The number of aryl methyl sites for hydroxylation is 2. The van der Waals surface area contributed by atoms with Gasteiger partial charge in [-0.3, -0.25) is 19.4 Å². The highest BCUT2D eigenvalue weighted by Gasteiger charge is 2.29. The van der Waals surface area contributed by atoms with E-state index in [4.69, 9.17) is 9.72 Å². The number of fused-ring (bicyclic) bond motifs is 2. The van der Waals surface area contributed by atoms with Crippen molar-refractivity contribution in [1.82, 2.24) is 35.2 Å². The fourth-order valence-corrected chi connectivity index (χ4v) is 6.32. The van der Waals surface area contributed by atoms with E-state index >= 15 is 8.78 Å². The highest BCUT2D eigenvalue weighted by Crippen LogP contribution is 2.48. The van der Waals surface area contributed by atoms with E-state index in [-0.39, 0.29) is 33.7 Å². The van der Waals surface area contributed by atoms with Crippen molar-refractivity contribution in [1.29, 1.82) is 0 Å². The van der Waals surface area contributed by atoms with Crippen molar-refractivity contribution in [3.05, 3.63) is 83.3 Å². The molecule has 2 N–H and O–H groups in total. The number of hydrogen-bond acceptors (Lipinski definition) is 7. The molecule has 14 heteroatoms. The highest BCUT2D eigenvalue weighted by molar-refractivity contribution is 7.17. The van der Waals surface area contributed by atoms with Crippen LogP contribution in [0.3, 0.4) is 0 Å². The van der Waals surface area contributed by atoms with E-state index < -0.39 is 41.9 Å². The molecule has 0 bridgehead atoms. The van der Waals surface area contributed by atoms with Gasteiger partial charge in [-0.15, -0.1) is 11.3 Å². The number of nitrogens with zero attached hydrogens (tertiary/aromatic N) is 5. The molecule has 0 unspecified atom stereocenters. The number of rotatable bonds is 9. The summed E-state index contributed by atoms with van der Waals surface area (Å²) >= 11 is 1.07. The number of thiophene rings is 1. The molecule has 6 aromatic rings. The number of aromatic amines is 1. The summed E-state index contributed by atoms with van der Waals surface area (Å²) in [5.41, 5.74) is 3.02. The van der Waals surface area contributed by atoms with Crippen LogP contribution < -0.4 is 10.1 Å². The number of H-pyrrole nitrogens is 1. The quantitative estimate of drug-likeness (QED) is 0.170. The molecule has 0 aliphatic heterocycles. The lowest BCUT2D eigenvalue weighted by Crippen LogP contribution is -2.27. The molecule has 4 aromatic heterocycles. The maximum atomic E-state index is 16.1. The zero-order valence-electron chi connectivity index (χ0n) is 26.6. The molecule has 0 saturated heterocycles. The standard InChI is InChI=1S/C34H30F3N7O3S/c1-7-27(45)38-16(2)23-13-25(41-40-23)33-31(29-21(36)11-19(35)12-26(29)47-14-28(46)43(4)5)30-22(37)15-48-34(30)32(39-33)18-8-9-20-17(3)44(6)42-24(20)10-18/h7-13,15-16H,1,14H2,2-6H3,(H,38,45)(H,40,41)/t16-/m1/s1. The van der Waals surface area contributed by atoms with E-state index in [1.165, 1.54) is 24.4 Å². The maximum absolute atomic E-state index is 16.1. The molecule has 6 rings (SSSR count). The topological polar surface area (TPSA) is 118 Å². The molecule has 0 saturated carbocycles. The number of nitrogens with one attached hydrogen (secondary N) is 2. The predicted octanol–water partition coefficient (Wildman–Crippen LogP) is 6.46. The number of carbonyl (C=O) groups is 2. The predicted molar refractivity (Wildman–Crippen MR) is 178 cm³/mol. The Hall–Kier alpha value is -5.50. The minimum absolute atomic E-state index is 0.00384. The van der Waals surface area contributed by atoms with Crippen LogP contribution in [0.15, 0.2) is 54.4 Å². The van der Waals surface area contributed by atoms with Gasteiger partial charge in [-0.1, -0.05) is 18.7 Å². The van der Waals surface area contributed by atoms with Crippen LogP contribution in [0.4, 0.5) is 13.2 Å². The fourth-order valence-electron chi connectivity index (χ4n) is 5.39. The van der Waals surface area contributed by atoms with Crippen molar-refractivity contribution < 1.29 is 27.5 Å². The number of carbonyl (C=O) groups excluding carboxylic acids is 2. The summed E-state index contributed by atoms with van der Waals surface area (Å²) in [6.07, 6.45) is 1.13. The average Bonchev–Trinajstić information content (AvgIpc) is 3.76. The van der Waals surface area contributed by atoms with Crippen LogP contribution in [-0.4, -0.2) is 62.4 Å². The van der Waals surface area contributed by atoms with Crippen molar-refractivity contribution >= 4 is 44.1 Å². The fraction of sp³-hybridized carbons (Fsp3) is 0.206. The normalized spacial score (nSPS) is 12.0. The van der Waals surface area contributed by atoms with Gasteiger partial charge in [0, 0.05) is 66.2 Å². The van der Waals surface area contributed by atoms with Crippen molar-refractivity contribution in [3.8, 4) is 39.5 Å². The van der Waals surface area contributed by atoms with Gasteiger partial charge in [0.2, 0.25) is 5.91 Å². The van der Waals surface area contributed by atoms with E-state index in [9.17, 15) is 14.0 Å². The van der Waals surface area contributed by atoms with Crippen LogP contribution in [0.1, 0.15) is 24.4 Å². The first-order valence-corrected chi connectivity index (χ1v) is 15.6. The van der Waals surface area contributed by atoms with Gasteiger partial charge < -0.3 is 15.0 Å². The van der Waals surface area contributed by atoms with Crippen molar-refractivity contribution in [2.24, 2.45) is 7.05 Å². The van der Waals surface area contributed by atoms with E-state index in [2.05, 4.69) is 27.2 Å². The van der Waals surface area contributed by atoms with Crippen LogP contribution in [0.5, 0.6) is 5.75 Å². The number of aromatic nitrogens is 5. The first kappa shape index (κ1) is 32.4. The van der Waals surface area contributed by atoms with Crippen LogP contribution in [0.25, 0.3) is 54.8 Å². The lowest BCUT2D eigenvalue weighted by molar-refractivity contribution is -0.130. The lowest BCUT2D eigenvalue weighted by Gasteiger charge is -2.18. The molecule has 4 heterocycles. The molecule has 0 radical (unpaired) electrons. The zero-order chi connectivity index (χ0) is 34.4. The summed E-state index contributed by atoms with van der Waals surface area (Å²) in [6, 6.07) is 8.25. The Bertz CT molecular complexity index is 2260. The number of ether oxygens (including phenoxy) is 1. The maximum Gasteiger partial charge on any atom is 0.259 e. The van der Waals surface area contributed by atoms with Crippen LogP contribution >= 0.6 is 11.3 Å². The first-order valence-electron chi connectivity index (χ1n) is 14.7. The molecule has 1 atom stereocenters. The minimum Gasteiger partial charge on any atom is -0.483 e. The number of hydrogen-bond donors (Lipinski definition) is 2. The van der Waals surface area contributed by atoms with E-state index in [1.54, 1.807) is 17.7 Å². The second-order valence-corrected chi connectivity index (χ2v) is 12.3. The third kappa shape index (κ3) is 5.79. The Balaban J connectivity index is 1.65. The van der Waals surface area contributed by atoms with Crippen LogP contribution in [-0.2, 0) is 16.6 Å². The van der Waals surface area contributed by atoms with Gasteiger partial charge in [-0.2, -0.15) is 10.2 Å². The SMILES string of the molecule is C=CC(=O)N[C@H](C)c1cc(-c2nc(-c3ccc4c(C)n(C)nc4c3)c3scc(F)c3c2-c2c(F)cc(F)cc2OCC(=O)N(C)C)n[nH]1. The average molecular weight is 674 g/mol. The third-order valence-electron chi connectivity index (χ3n) is 8.05. The number of likely N-dealkylation sites (N-methyl/N-ethyl adjacent to an activating group) is 1. The first-order chi connectivity index (χ1) is 22.9. The Morgan fingerprint density at radius 1 is 1.12 bits per heavy atom. The molecule has 10 nitrogen and oxygen atoms in total. The smallest absolute Gasteiger partial charge is 0.259 e. The van der Waals surface area contributed by atoms with E-state index in [0.29, 0.717) is 33.2 Å². The Morgan fingerprint density at radius 2 is 1.90 bits per heavy atom. The molecule has 246 valence electrons. The van der Waals surface area contributed by atoms with Crippen LogP contribution in [0.2, 0.25) is 0 Å². The highest BCUT2D eigenvalue weighted by atomic mass is 32.1. The summed E-state index contributed by atoms with van der Waals surface area (Å²) in [4.78, 5) is 30.7. The van der Waals surface area contributed by atoms with Gasteiger partial charge in [0.15, 0.2) is 6.61 Å². The zero-order valence-corrected chi connectivity index (χ0v) is 27.4. The largest absolute Gasteiger partial charge is 0.483 e. The van der Waals surface area contributed by atoms with E-state index in [0.717, 1.165) is 34.6 Å². The van der Waals surface area contributed by atoms with Crippen molar-refractivity contribution in [3.63, 3.8) is 0 Å². The molecule has 0 aliphatic carbocycles. The molecule has 2 amide bonds. The van der Waals surface area contributed by atoms with Crippen molar-refractivity contribution in [2.45, 2.75) is 19.9 Å². The minimum atomic E-state index is -1.06. The summed E-state index contributed by atoms with van der Waals surface area (Å²) in [5, 5.41) is 16.8. The summed E-state index contributed by atoms with van der Waals surface area (Å²) in [6.45, 7) is 6.61. The van der Waals surface area contributed by atoms with Gasteiger partial charge >= 0.3 is 0 Å². The number of pyridine rings is 1. The molecule has 2 aromatic carbocycles. The third-order valence-corrected chi connectivity index (χ3v) is 9.00. The Labute approximate surface area is 276 Å². The lowest BCUT2D eigenvalue weighted by atomic mass is 9.94. The summed E-state index contributed by atoms with van der Waals surface area (Å²) < 4.78 is 54.6. The molecule has 48 heavy (non-hydrogen) atoms. The monoisotopic (exact) mass is 673 g/mol. The molecule has 0 fully saturated rings. The molecule has 0 aliphatic rings. The number of halogens is 3.